The lowest BCUT2D eigenvalue weighted by Gasteiger charge is -2.10. The van der Waals surface area contributed by atoms with E-state index < -0.39 is 0 Å². The van der Waals surface area contributed by atoms with Gasteiger partial charge in [-0.3, -0.25) is 14.6 Å². The Hall–Kier alpha value is -5.34. The second kappa shape index (κ2) is 13.3. The van der Waals surface area contributed by atoms with Crippen LogP contribution in [-0.2, 0) is 11.3 Å². The van der Waals surface area contributed by atoms with E-state index in [0.29, 0.717) is 38.0 Å². The summed E-state index contributed by atoms with van der Waals surface area (Å²) >= 11 is 0. The molecule has 0 fully saturated rings. The fourth-order valence-corrected chi connectivity index (χ4v) is 4.53. The van der Waals surface area contributed by atoms with Crippen LogP contribution in [0, 0.1) is 17.3 Å². The zero-order valence-corrected chi connectivity index (χ0v) is 23.4. The monoisotopic (exact) mass is 564 g/mol. The van der Waals surface area contributed by atoms with Gasteiger partial charge in [0.25, 0.3) is 6.19 Å². The van der Waals surface area contributed by atoms with Crippen LogP contribution in [0.3, 0.4) is 0 Å². The Bertz CT molecular complexity index is 1810. The number of guanidine groups is 1. The molecule has 3 aromatic carbocycles. The molecule has 0 atom stereocenters. The lowest BCUT2D eigenvalue weighted by molar-refractivity contribution is -0.504. The van der Waals surface area contributed by atoms with Crippen molar-refractivity contribution in [3.63, 3.8) is 0 Å². The summed E-state index contributed by atoms with van der Waals surface area (Å²) in [6, 6.07) is 18.5. The minimum Gasteiger partial charge on any atom is -0.381 e. The Morgan fingerprint density at radius 2 is 2.05 bits per heavy atom. The van der Waals surface area contributed by atoms with E-state index in [0.717, 1.165) is 38.6 Å². The Balaban J connectivity index is 1.30. The molecule has 0 saturated carbocycles. The van der Waals surface area contributed by atoms with Crippen molar-refractivity contribution >= 4 is 45.3 Å². The van der Waals surface area contributed by atoms with Gasteiger partial charge in [0.05, 0.1) is 50.5 Å². The van der Waals surface area contributed by atoms with Crippen LogP contribution in [0.2, 0.25) is 0 Å². The van der Waals surface area contributed by atoms with Crippen LogP contribution in [0.1, 0.15) is 11.1 Å². The molecule has 212 valence electrons. The molecule has 0 amide bonds. The first-order valence-electron chi connectivity index (χ1n) is 13.4. The molecule has 5 rings (SSSR count). The van der Waals surface area contributed by atoms with E-state index in [1.807, 2.05) is 77.1 Å². The smallest absolute Gasteiger partial charge is 0.360 e. The van der Waals surface area contributed by atoms with Gasteiger partial charge in [0, 0.05) is 23.6 Å². The number of aromatic nitrogens is 4. The van der Waals surface area contributed by atoms with Gasteiger partial charge in [-0.25, -0.2) is 14.4 Å². The largest absolute Gasteiger partial charge is 0.381 e. The number of benzene rings is 3. The normalized spacial score (nSPS) is 12.0. The van der Waals surface area contributed by atoms with E-state index in [9.17, 15) is 4.39 Å². The topological polar surface area (TPSA) is 116 Å². The van der Waals surface area contributed by atoms with E-state index in [4.69, 9.17) is 10.00 Å². The molecule has 0 bridgehead atoms. The van der Waals surface area contributed by atoms with Gasteiger partial charge in [0.1, 0.15) is 18.0 Å². The SMILES string of the molecule is COCC[N+](C)=C(NC#N)NCC=Cc1ccc2ncnc(Nc3ccc4c(cnn4Cc4cccc(F)c4)c3)c2c1. The molecule has 0 radical (unpaired) electrons. The Kier molecular flexibility index (Phi) is 8.96. The van der Waals surface area contributed by atoms with Gasteiger partial charge in [0.15, 0.2) is 0 Å². The maximum atomic E-state index is 13.6. The summed E-state index contributed by atoms with van der Waals surface area (Å²) in [6.45, 7) is 2.19. The van der Waals surface area contributed by atoms with Crippen molar-refractivity contribution in [3.8, 4) is 6.19 Å². The average Bonchev–Trinajstić information content (AvgIpc) is 3.39. The van der Waals surface area contributed by atoms with Crippen LogP contribution in [0.15, 0.2) is 79.3 Å². The second-order valence-electron chi connectivity index (χ2n) is 9.61. The summed E-state index contributed by atoms with van der Waals surface area (Å²) in [5.41, 5.74) is 4.47. The molecule has 0 aliphatic carbocycles. The van der Waals surface area contributed by atoms with Gasteiger partial charge in [0.2, 0.25) is 0 Å². The number of hydrogen-bond acceptors (Lipinski definition) is 6. The van der Waals surface area contributed by atoms with E-state index in [1.165, 1.54) is 12.1 Å². The lowest BCUT2D eigenvalue weighted by atomic mass is 10.1. The predicted octanol–water partition coefficient (Wildman–Crippen LogP) is 4.23. The number of nitrogens with one attached hydrogen (secondary N) is 3. The molecule has 5 aromatic rings. The van der Waals surface area contributed by atoms with Crippen LogP contribution in [-0.4, -0.2) is 64.1 Å². The average molecular weight is 565 g/mol. The summed E-state index contributed by atoms with van der Waals surface area (Å²) < 4.78 is 22.5. The highest BCUT2D eigenvalue weighted by atomic mass is 19.1. The highest BCUT2D eigenvalue weighted by molar-refractivity contribution is 5.93. The third kappa shape index (κ3) is 6.86. The molecular weight excluding hydrogens is 533 g/mol. The first kappa shape index (κ1) is 28.2. The van der Waals surface area contributed by atoms with Crippen LogP contribution >= 0.6 is 0 Å². The lowest BCUT2D eigenvalue weighted by Crippen LogP contribution is -2.42. The molecule has 11 heteroatoms. The maximum Gasteiger partial charge on any atom is 0.360 e. The molecule has 2 aromatic heterocycles. The number of methoxy groups -OCH3 is 1. The molecule has 0 aliphatic rings. The van der Waals surface area contributed by atoms with Gasteiger partial charge < -0.3 is 10.1 Å². The third-order valence-electron chi connectivity index (χ3n) is 6.67. The summed E-state index contributed by atoms with van der Waals surface area (Å²) in [5, 5.41) is 24.7. The van der Waals surface area contributed by atoms with Crippen LogP contribution in [0.5, 0.6) is 0 Å². The quantitative estimate of drug-likeness (QED) is 0.0759. The van der Waals surface area contributed by atoms with Gasteiger partial charge in [-0.15, -0.1) is 0 Å². The fraction of sp³-hybridized carbons (Fsp3) is 0.194. The van der Waals surface area contributed by atoms with E-state index in [-0.39, 0.29) is 5.82 Å². The highest BCUT2D eigenvalue weighted by Crippen LogP contribution is 2.27. The van der Waals surface area contributed by atoms with E-state index in [1.54, 1.807) is 25.7 Å². The van der Waals surface area contributed by atoms with Crippen LogP contribution < -0.4 is 16.0 Å². The Morgan fingerprint density at radius 3 is 2.88 bits per heavy atom. The summed E-state index contributed by atoms with van der Waals surface area (Å²) in [5.74, 6) is 1.03. The first-order chi connectivity index (χ1) is 20.5. The molecule has 0 unspecified atom stereocenters. The zero-order chi connectivity index (χ0) is 29.3. The summed E-state index contributed by atoms with van der Waals surface area (Å²) in [7, 11) is 3.52. The van der Waals surface area contributed by atoms with Crippen LogP contribution in [0.4, 0.5) is 15.9 Å². The molecule has 10 nitrogen and oxygen atoms in total. The van der Waals surface area contributed by atoms with Crippen molar-refractivity contribution in [3.05, 3.63) is 96.2 Å². The number of anilines is 2. The highest BCUT2D eigenvalue weighted by Gasteiger charge is 2.10. The van der Waals surface area contributed by atoms with Crippen molar-refractivity contribution < 1.29 is 13.7 Å². The number of nitriles is 1. The van der Waals surface area contributed by atoms with E-state index in [2.05, 4.69) is 31.0 Å². The van der Waals surface area contributed by atoms with E-state index >= 15 is 0 Å². The molecule has 2 heterocycles. The van der Waals surface area contributed by atoms with Gasteiger partial charge in [-0.1, -0.05) is 30.4 Å². The minimum atomic E-state index is -0.259. The minimum absolute atomic E-state index is 0.259. The van der Waals surface area contributed by atoms with Gasteiger partial charge in [-0.05, 0) is 53.6 Å². The predicted molar refractivity (Wildman–Crippen MR) is 162 cm³/mol. The molecule has 3 N–H and O–H groups in total. The van der Waals surface area contributed by atoms with Crippen molar-refractivity contribution in [2.75, 3.05) is 39.2 Å². The number of likely N-dealkylation sites (N-methyl/N-ethyl adjacent to an activating group) is 1. The number of halogens is 1. The van der Waals surface area contributed by atoms with Crippen LogP contribution in [0.25, 0.3) is 27.9 Å². The molecular formula is C31H31FN9O+. The van der Waals surface area contributed by atoms with Crippen molar-refractivity contribution in [1.29, 1.82) is 5.26 Å². The number of rotatable bonds is 10. The van der Waals surface area contributed by atoms with Crippen molar-refractivity contribution in [2.24, 2.45) is 0 Å². The van der Waals surface area contributed by atoms with Crippen molar-refractivity contribution in [2.45, 2.75) is 6.54 Å². The first-order valence-corrected chi connectivity index (χ1v) is 13.4. The maximum absolute atomic E-state index is 13.6. The van der Waals surface area contributed by atoms with Gasteiger partial charge >= 0.3 is 5.96 Å². The standard InChI is InChI=1S/C31H30FN9O/c1-40(13-14-42-2)31(35-20-33)34-12-4-6-22-8-10-28-27(16-22)30(37-21-36-28)39-26-9-11-29-24(17-26)18-38-41(29)19-23-5-3-7-25(32)15-23/h3-11,15-18,21H,12-14,19H2,1-2H3,(H2,34,35,36,37,39)/p+1. The molecule has 0 aliphatic heterocycles. The summed E-state index contributed by atoms with van der Waals surface area (Å²) in [4.78, 5) is 8.93. The Morgan fingerprint density at radius 1 is 1.14 bits per heavy atom. The second-order valence-corrected chi connectivity index (χ2v) is 9.61. The van der Waals surface area contributed by atoms with Gasteiger partial charge in [-0.2, -0.15) is 15.7 Å². The fourth-order valence-electron chi connectivity index (χ4n) is 4.53. The Labute approximate surface area is 242 Å². The van der Waals surface area contributed by atoms with Crippen molar-refractivity contribution in [1.82, 2.24) is 30.4 Å². The third-order valence-corrected chi connectivity index (χ3v) is 6.67. The summed E-state index contributed by atoms with van der Waals surface area (Å²) in [6.07, 6.45) is 9.29. The number of nitrogens with zero attached hydrogens (tertiary/aromatic N) is 6. The number of fused-ring (bicyclic) bond motifs is 2. The molecule has 0 spiro atoms. The number of ether oxygens (including phenoxy) is 1. The zero-order valence-electron chi connectivity index (χ0n) is 23.4. The molecule has 0 saturated heterocycles. The molecule has 42 heavy (non-hydrogen) atoms. The number of hydrogen-bond donors (Lipinski definition) is 3.